The Bertz CT molecular complexity index is 118. The molecule has 1 saturated heterocycles. The maximum absolute atomic E-state index is 2.60. The highest BCUT2D eigenvalue weighted by Crippen LogP contribution is 2.18. The second kappa shape index (κ2) is 7.28. The van der Waals surface area contributed by atoms with Gasteiger partial charge in [0.1, 0.15) is 0 Å². The highest BCUT2D eigenvalue weighted by atomic mass is 15.1. The molecule has 1 heterocycles. The summed E-state index contributed by atoms with van der Waals surface area (Å²) >= 11 is 0. The molecule has 0 aromatic heterocycles. The highest BCUT2D eigenvalue weighted by Gasteiger charge is 2.17. The summed E-state index contributed by atoms with van der Waals surface area (Å²) in [5.74, 6) is 0. The van der Waals surface area contributed by atoms with Crippen LogP contribution in [-0.4, -0.2) is 24.5 Å². The van der Waals surface area contributed by atoms with E-state index in [4.69, 9.17) is 0 Å². The van der Waals surface area contributed by atoms with Gasteiger partial charge in [0, 0.05) is 6.54 Å². The summed E-state index contributed by atoms with van der Waals surface area (Å²) < 4.78 is 0. The molecule has 0 bridgehead atoms. The highest BCUT2D eigenvalue weighted by molar-refractivity contribution is 4.71. The van der Waals surface area contributed by atoms with Crippen molar-refractivity contribution in [3.63, 3.8) is 0 Å². The van der Waals surface area contributed by atoms with E-state index in [2.05, 4.69) is 39.5 Å². The van der Waals surface area contributed by atoms with E-state index < -0.39 is 0 Å². The first-order chi connectivity index (χ1) is 6.49. The third kappa shape index (κ3) is 8.55. The van der Waals surface area contributed by atoms with E-state index in [1.54, 1.807) is 0 Å². The van der Waals surface area contributed by atoms with E-state index in [1.165, 1.54) is 45.3 Å². The van der Waals surface area contributed by atoms with Gasteiger partial charge < -0.3 is 4.90 Å². The lowest BCUT2D eigenvalue weighted by atomic mass is 9.95. The zero-order chi connectivity index (χ0) is 11.0. The van der Waals surface area contributed by atoms with Crippen molar-refractivity contribution in [2.75, 3.05) is 19.6 Å². The summed E-state index contributed by atoms with van der Waals surface area (Å²) in [6, 6.07) is 0. The van der Waals surface area contributed by atoms with Gasteiger partial charge >= 0.3 is 0 Å². The van der Waals surface area contributed by atoms with Gasteiger partial charge in [0.05, 0.1) is 0 Å². The van der Waals surface area contributed by atoms with Crippen LogP contribution in [0.5, 0.6) is 0 Å². The maximum Gasteiger partial charge on any atom is 0.00300 e. The summed E-state index contributed by atoms with van der Waals surface area (Å²) in [5, 5.41) is 0. The van der Waals surface area contributed by atoms with Crippen LogP contribution in [0.25, 0.3) is 0 Å². The molecule has 0 aromatic carbocycles. The van der Waals surface area contributed by atoms with E-state index in [9.17, 15) is 0 Å². The summed E-state index contributed by atoms with van der Waals surface area (Å²) in [7, 11) is 0. The second-order valence-corrected chi connectivity index (χ2v) is 5.60. The predicted octanol–water partition coefficient (Wildman–Crippen LogP) is 3.93. The normalized spacial score (nSPS) is 18.6. The van der Waals surface area contributed by atoms with Gasteiger partial charge in [0.25, 0.3) is 0 Å². The van der Waals surface area contributed by atoms with Crippen LogP contribution < -0.4 is 0 Å². The molecule has 0 spiro atoms. The lowest BCUT2D eigenvalue weighted by Crippen LogP contribution is -2.36. The van der Waals surface area contributed by atoms with Crippen LogP contribution in [0.2, 0.25) is 0 Å². The Balaban J connectivity index is 0.000000500. The predicted molar refractivity (Wildman–Crippen MR) is 65.7 cm³/mol. The van der Waals surface area contributed by atoms with Crippen LogP contribution in [0.1, 0.15) is 60.3 Å². The van der Waals surface area contributed by atoms with Crippen molar-refractivity contribution in [3.05, 3.63) is 0 Å². The molecular formula is C13H29N. The van der Waals surface area contributed by atoms with Crippen molar-refractivity contribution in [1.29, 1.82) is 0 Å². The molecule has 0 amide bonds. The zero-order valence-corrected chi connectivity index (χ0v) is 10.9. The molecule has 0 radical (unpaired) electrons. The summed E-state index contributed by atoms with van der Waals surface area (Å²) in [6.45, 7) is 15.1. The zero-order valence-electron chi connectivity index (χ0n) is 10.9. The van der Waals surface area contributed by atoms with Gasteiger partial charge in [0.2, 0.25) is 0 Å². The first kappa shape index (κ1) is 14.0. The fourth-order valence-corrected chi connectivity index (χ4v) is 1.79. The van der Waals surface area contributed by atoms with Crippen LogP contribution in [0.15, 0.2) is 0 Å². The van der Waals surface area contributed by atoms with Crippen molar-refractivity contribution in [2.24, 2.45) is 5.41 Å². The van der Waals surface area contributed by atoms with Gasteiger partial charge in [-0.1, -0.05) is 47.5 Å². The van der Waals surface area contributed by atoms with Crippen LogP contribution in [0.4, 0.5) is 0 Å². The molecule has 86 valence electrons. The molecule has 0 N–H and O–H groups in total. The number of piperidine rings is 1. The van der Waals surface area contributed by atoms with Crippen molar-refractivity contribution >= 4 is 0 Å². The van der Waals surface area contributed by atoms with Gasteiger partial charge in [-0.05, 0) is 31.3 Å². The minimum absolute atomic E-state index is 0.483. The first-order valence-corrected chi connectivity index (χ1v) is 6.22. The Hall–Kier alpha value is -0.0400. The minimum Gasteiger partial charge on any atom is -0.303 e. The minimum atomic E-state index is 0.483. The SMILES string of the molecule is CC(C)(C)CN1CCCCC1.CCC. The molecule has 1 aliphatic rings. The van der Waals surface area contributed by atoms with E-state index in [0.29, 0.717) is 5.41 Å². The molecule has 1 rings (SSSR count). The van der Waals surface area contributed by atoms with Crippen molar-refractivity contribution < 1.29 is 0 Å². The van der Waals surface area contributed by atoms with Gasteiger partial charge in [0.15, 0.2) is 0 Å². The van der Waals surface area contributed by atoms with Crippen molar-refractivity contribution in [3.8, 4) is 0 Å². The molecular weight excluding hydrogens is 170 g/mol. The maximum atomic E-state index is 2.60. The summed E-state index contributed by atoms with van der Waals surface area (Å²) in [5.41, 5.74) is 0.483. The number of rotatable bonds is 1. The Morgan fingerprint density at radius 3 is 1.71 bits per heavy atom. The summed E-state index contributed by atoms with van der Waals surface area (Å²) in [4.78, 5) is 2.60. The largest absolute Gasteiger partial charge is 0.303 e. The quantitative estimate of drug-likeness (QED) is 0.618. The number of likely N-dealkylation sites (tertiary alicyclic amines) is 1. The molecule has 0 saturated carbocycles. The van der Waals surface area contributed by atoms with Crippen molar-refractivity contribution in [1.82, 2.24) is 4.90 Å². The van der Waals surface area contributed by atoms with Gasteiger partial charge in [-0.15, -0.1) is 0 Å². The Morgan fingerprint density at radius 2 is 1.36 bits per heavy atom. The molecule has 14 heavy (non-hydrogen) atoms. The second-order valence-electron chi connectivity index (χ2n) is 5.60. The lowest BCUT2D eigenvalue weighted by molar-refractivity contribution is 0.164. The van der Waals surface area contributed by atoms with Crippen LogP contribution >= 0.6 is 0 Å². The number of hydrogen-bond acceptors (Lipinski definition) is 1. The molecule has 0 aliphatic carbocycles. The van der Waals surface area contributed by atoms with E-state index in [0.717, 1.165) is 0 Å². The molecule has 0 atom stereocenters. The van der Waals surface area contributed by atoms with E-state index in [1.807, 2.05) is 0 Å². The number of nitrogens with zero attached hydrogens (tertiary/aromatic N) is 1. The smallest absolute Gasteiger partial charge is 0.00300 e. The lowest BCUT2D eigenvalue weighted by Gasteiger charge is -2.32. The molecule has 0 aromatic rings. The third-order valence-electron chi connectivity index (χ3n) is 2.15. The molecule has 1 nitrogen and oxygen atoms in total. The number of hydrogen-bond donors (Lipinski definition) is 0. The topological polar surface area (TPSA) is 3.24 Å². The fraction of sp³-hybridized carbons (Fsp3) is 1.00. The molecule has 1 fully saturated rings. The van der Waals surface area contributed by atoms with Gasteiger partial charge in [-0.25, -0.2) is 0 Å². The molecule has 1 heteroatoms. The average molecular weight is 199 g/mol. The van der Waals surface area contributed by atoms with Crippen LogP contribution in [0.3, 0.4) is 0 Å². The van der Waals surface area contributed by atoms with Crippen molar-refractivity contribution in [2.45, 2.75) is 60.3 Å². The Kier molecular flexibility index (Phi) is 7.26. The van der Waals surface area contributed by atoms with E-state index >= 15 is 0 Å². The molecule has 0 unspecified atom stereocenters. The van der Waals surface area contributed by atoms with Crippen LogP contribution in [-0.2, 0) is 0 Å². The van der Waals surface area contributed by atoms with Crippen LogP contribution in [0, 0.1) is 5.41 Å². The monoisotopic (exact) mass is 199 g/mol. The first-order valence-electron chi connectivity index (χ1n) is 6.22. The van der Waals surface area contributed by atoms with Gasteiger partial charge in [-0.2, -0.15) is 0 Å². The third-order valence-corrected chi connectivity index (χ3v) is 2.15. The van der Waals surface area contributed by atoms with Gasteiger partial charge in [-0.3, -0.25) is 0 Å². The fourth-order valence-electron chi connectivity index (χ4n) is 1.79. The Morgan fingerprint density at radius 1 is 0.929 bits per heavy atom. The average Bonchev–Trinajstić information content (AvgIpc) is 2.04. The summed E-state index contributed by atoms with van der Waals surface area (Å²) in [6.07, 6.45) is 5.52. The molecule has 1 aliphatic heterocycles. The van der Waals surface area contributed by atoms with E-state index in [-0.39, 0.29) is 0 Å². The standard InChI is InChI=1S/C10H21N.C3H8/c1-10(2,3)9-11-7-5-4-6-8-11;1-3-2/h4-9H2,1-3H3;3H2,1-2H3. The Labute approximate surface area is 90.9 Å².